The summed E-state index contributed by atoms with van der Waals surface area (Å²) < 4.78 is 16.3. The molecule has 0 saturated carbocycles. The molecule has 11 nitrogen and oxygen atoms in total. The Hall–Kier alpha value is -4.15. The summed E-state index contributed by atoms with van der Waals surface area (Å²) in [5.74, 6) is -1.32. The van der Waals surface area contributed by atoms with Gasteiger partial charge in [0, 0.05) is 30.8 Å². The van der Waals surface area contributed by atoms with E-state index in [2.05, 4.69) is 5.32 Å². The fourth-order valence-electron chi connectivity index (χ4n) is 3.61. The molecule has 1 fully saturated rings. The normalized spacial score (nSPS) is 17.9. The summed E-state index contributed by atoms with van der Waals surface area (Å²) in [5, 5.41) is 13.5. The van der Waals surface area contributed by atoms with E-state index in [4.69, 9.17) is 14.2 Å². The van der Waals surface area contributed by atoms with Gasteiger partial charge in [0.2, 0.25) is 5.91 Å². The van der Waals surface area contributed by atoms with Crippen LogP contribution in [0.5, 0.6) is 11.5 Å². The Morgan fingerprint density at radius 3 is 2.67 bits per heavy atom. The van der Waals surface area contributed by atoms with Crippen molar-refractivity contribution in [3.63, 3.8) is 0 Å². The van der Waals surface area contributed by atoms with Crippen molar-refractivity contribution in [2.24, 2.45) is 5.92 Å². The van der Waals surface area contributed by atoms with Gasteiger partial charge in [-0.2, -0.15) is 0 Å². The Kier molecular flexibility index (Phi) is 6.11. The molecule has 2 aromatic carbocycles. The summed E-state index contributed by atoms with van der Waals surface area (Å²) in [6.07, 6.45) is -1.28. The fourth-order valence-corrected chi connectivity index (χ4v) is 3.61. The van der Waals surface area contributed by atoms with Crippen LogP contribution in [-0.4, -0.2) is 48.6 Å². The summed E-state index contributed by atoms with van der Waals surface area (Å²) in [6.45, 7) is 2.31. The highest BCUT2D eigenvalue weighted by molar-refractivity contribution is 6.01. The lowest BCUT2D eigenvalue weighted by Crippen LogP contribution is -2.33. The van der Waals surface area contributed by atoms with Crippen molar-refractivity contribution >= 4 is 34.8 Å². The number of benzene rings is 2. The van der Waals surface area contributed by atoms with Crippen LogP contribution in [0.2, 0.25) is 0 Å². The number of nitrogens with zero attached hydrogens (tertiary/aromatic N) is 2. The Balaban J connectivity index is 1.37. The third kappa shape index (κ3) is 4.71. The number of rotatable bonds is 6. The van der Waals surface area contributed by atoms with Gasteiger partial charge in [0.1, 0.15) is 18.9 Å². The van der Waals surface area contributed by atoms with E-state index in [9.17, 15) is 24.5 Å². The molecular formula is C22H21N3O8. The summed E-state index contributed by atoms with van der Waals surface area (Å²) in [5.41, 5.74) is 0.291. The molecule has 1 saturated heterocycles. The lowest BCUT2D eigenvalue weighted by molar-refractivity contribution is -0.383. The van der Waals surface area contributed by atoms with Crippen molar-refractivity contribution in [1.29, 1.82) is 0 Å². The van der Waals surface area contributed by atoms with Crippen molar-refractivity contribution in [1.82, 2.24) is 0 Å². The number of para-hydroxylation sites is 2. The van der Waals surface area contributed by atoms with Crippen LogP contribution < -0.4 is 19.7 Å². The molecule has 4 rings (SSSR count). The molecule has 2 heterocycles. The minimum Gasteiger partial charge on any atom is -0.486 e. The molecule has 33 heavy (non-hydrogen) atoms. The topological polar surface area (TPSA) is 137 Å². The van der Waals surface area contributed by atoms with E-state index in [1.807, 2.05) is 0 Å². The minimum absolute atomic E-state index is 0.00349. The number of fused-ring (bicyclic) bond motifs is 1. The lowest BCUT2D eigenvalue weighted by atomic mass is 10.1. The Labute approximate surface area is 188 Å². The number of carbonyl (C=O) groups is 3. The number of ether oxygens (including phenoxy) is 3. The SMILES string of the molecule is C[C@H](OC(=O)[C@H]1CC(=O)N(c2ccc3c(c2)OCCO3)C1)C(=O)Nc1ccccc1[N+](=O)[O-]. The molecule has 2 amide bonds. The summed E-state index contributed by atoms with van der Waals surface area (Å²) in [6, 6.07) is 10.7. The van der Waals surface area contributed by atoms with Crippen molar-refractivity contribution in [2.45, 2.75) is 19.4 Å². The molecule has 172 valence electrons. The van der Waals surface area contributed by atoms with Crippen LogP contribution in [-0.2, 0) is 19.1 Å². The number of hydrogen-bond donors (Lipinski definition) is 1. The van der Waals surface area contributed by atoms with Crippen LogP contribution in [0.1, 0.15) is 13.3 Å². The summed E-state index contributed by atoms with van der Waals surface area (Å²) >= 11 is 0. The average molecular weight is 455 g/mol. The van der Waals surface area contributed by atoms with Gasteiger partial charge in [0.05, 0.1) is 10.8 Å². The van der Waals surface area contributed by atoms with Crippen LogP contribution in [0.3, 0.4) is 0 Å². The van der Waals surface area contributed by atoms with E-state index in [0.29, 0.717) is 30.4 Å². The van der Waals surface area contributed by atoms with Gasteiger partial charge in [-0.1, -0.05) is 12.1 Å². The maximum Gasteiger partial charge on any atom is 0.312 e. The first kappa shape index (κ1) is 22.1. The van der Waals surface area contributed by atoms with Crippen LogP contribution in [0.4, 0.5) is 17.1 Å². The number of nitro groups is 1. The second-order valence-electron chi connectivity index (χ2n) is 7.58. The van der Waals surface area contributed by atoms with Crippen LogP contribution in [0, 0.1) is 16.0 Å². The highest BCUT2D eigenvalue weighted by Crippen LogP contribution is 2.36. The van der Waals surface area contributed by atoms with Crippen molar-refractivity contribution in [2.75, 3.05) is 30.0 Å². The van der Waals surface area contributed by atoms with Crippen LogP contribution in [0.25, 0.3) is 0 Å². The first-order valence-electron chi connectivity index (χ1n) is 10.3. The average Bonchev–Trinajstić information content (AvgIpc) is 3.20. The Bertz CT molecular complexity index is 1120. The van der Waals surface area contributed by atoms with E-state index in [1.54, 1.807) is 18.2 Å². The summed E-state index contributed by atoms with van der Waals surface area (Å²) in [4.78, 5) is 49.5. The molecule has 2 aromatic rings. The number of anilines is 2. The van der Waals surface area contributed by atoms with E-state index in [1.165, 1.54) is 36.1 Å². The zero-order valence-corrected chi connectivity index (χ0v) is 17.7. The van der Waals surface area contributed by atoms with Gasteiger partial charge in [-0.3, -0.25) is 24.5 Å². The van der Waals surface area contributed by atoms with Gasteiger partial charge in [0.15, 0.2) is 17.6 Å². The van der Waals surface area contributed by atoms with E-state index in [-0.39, 0.29) is 30.2 Å². The van der Waals surface area contributed by atoms with Crippen molar-refractivity contribution in [3.05, 3.63) is 52.6 Å². The predicted molar refractivity (Wildman–Crippen MR) is 115 cm³/mol. The maximum absolute atomic E-state index is 12.6. The van der Waals surface area contributed by atoms with E-state index in [0.717, 1.165) is 0 Å². The second-order valence-corrected chi connectivity index (χ2v) is 7.58. The fraction of sp³-hybridized carbons (Fsp3) is 0.318. The molecule has 0 spiro atoms. The minimum atomic E-state index is -1.21. The first-order chi connectivity index (χ1) is 15.8. The highest BCUT2D eigenvalue weighted by Gasteiger charge is 2.38. The van der Waals surface area contributed by atoms with Gasteiger partial charge in [-0.25, -0.2) is 0 Å². The van der Waals surface area contributed by atoms with Gasteiger partial charge in [-0.05, 0) is 25.1 Å². The number of nitro benzene ring substituents is 1. The van der Waals surface area contributed by atoms with Crippen molar-refractivity contribution < 1.29 is 33.5 Å². The molecule has 11 heteroatoms. The maximum atomic E-state index is 12.6. The highest BCUT2D eigenvalue weighted by atomic mass is 16.6. The lowest BCUT2D eigenvalue weighted by Gasteiger charge is -2.22. The first-order valence-corrected chi connectivity index (χ1v) is 10.3. The zero-order chi connectivity index (χ0) is 23.5. The number of nitrogens with one attached hydrogen (secondary N) is 1. The molecule has 0 aromatic heterocycles. The number of carbonyl (C=O) groups excluding carboxylic acids is 3. The molecule has 2 aliphatic rings. The molecular weight excluding hydrogens is 434 g/mol. The predicted octanol–water partition coefficient (Wildman–Crippen LogP) is 2.29. The number of amides is 2. The summed E-state index contributed by atoms with van der Waals surface area (Å²) in [7, 11) is 0. The molecule has 0 unspecified atom stereocenters. The Morgan fingerprint density at radius 2 is 1.91 bits per heavy atom. The van der Waals surface area contributed by atoms with E-state index < -0.39 is 28.8 Å². The molecule has 2 atom stereocenters. The van der Waals surface area contributed by atoms with Crippen molar-refractivity contribution in [3.8, 4) is 11.5 Å². The largest absolute Gasteiger partial charge is 0.486 e. The smallest absolute Gasteiger partial charge is 0.312 e. The Morgan fingerprint density at radius 1 is 1.18 bits per heavy atom. The third-order valence-electron chi connectivity index (χ3n) is 5.32. The molecule has 0 radical (unpaired) electrons. The molecule has 2 aliphatic heterocycles. The van der Waals surface area contributed by atoms with Gasteiger partial charge < -0.3 is 24.4 Å². The van der Waals surface area contributed by atoms with Gasteiger partial charge >= 0.3 is 5.97 Å². The number of hydrogen-bond acceptors (Lipinski definition) is 8. The van der Waals surface area contributed by atoms with Crippen LogP contribution >= 0.6 is 0 Å². The van der Waals surface area contributed by atoms with Crippen LogP contribution in [0.15, 0.2) is 42.5 Å². The van der Waals surface area contributed by atoms with Gasteiger partial charge in [-0.15, -0.1) is 0 Å². The van der Waals surface area contributed by atoms with E-state index >= 15 is 0 Å². The number of esters is 1. The third-order valence-corrected chi connectivity index (χ3v) is 5.32. The second kappa shape index (κ2) is 9.15. The molecule has 0 aliphatic carbocycles. The quantitative estimate of drug-likeness (QED) is 0.398. The zero-order valence-electron chi connectivity index (χ0n) is 17.7. The molecule has 0 bridgehead atoms. The van der Waals surface area contributed by atoms with Gasteiger partial charge in [0.25, 0.3) is 11.6 Å². The monoisotopic (exact) mass is 455 g/mol. The molecule has 1 N–H and O–H groups in total. The standard InChI is InChI=1S/C22H21N3O8/c1-13(21(27)23-16-4-2-3-5-17(16)25(29)30)33-22(28)14-10-20(26)24(12-14)15-6-7-18-19(11-15)32-9-8-31-18/h2-7,11,13-14H,8-10,12H2,1H3,(H,23,27)/t13-,14-/m0/s1.